The minimum Gasteiger partial charge on any atom is -0.481 e. The second-order valence-electron chi connectivity index (χ2n) is 4.36. The zero-order chi connectivity index (χ0) is 13.8. The van der Waals surface area contributed by atoms with Gasteiger partial charge in [0, 0.05) is 25.2 Å². The van der Waals surface area contributed by atoms with Crippen LogP contribution in [0.25, 0.3) is 0 Å². The molecule has 1 rings (SSSR count). The number of halogens is 3. The number of carbonyl (C=O) groups excluding carboxylic acids is 1. The lowest BCUT2D eigenvalue weighted by Crippen LogP contribution is -2.46. The summed E-state index contributed by atoms with van der Waals surface area (Å²) in [5.74, 6) is -3.14. The number of carboxylic acids is 1. The lowest BCUT2D eigenvalue weighted by molar-refractivity contribution is -0.174. The quantitative estimate of drug-likeness (QED) is 0.796. The number of hydrogen-bond acceptors (Lipinski definition) is 3. The number of carbonyl (C=O) groups is 2. The number of rotatable bonds is 4. The normalized spacial score (nSPS) is 19.3. The van der Waals surface area contributed by atoms with Gasteiger partial charge in [-0.3, -0.25) is 9.59 Å². The minimum absolute atomic E-state index is 0.283. The van der Waals surface area contributed by atoms with Gasteiger partial charge in [0.2, 0.25) is 0 Å². The third-order valence-electron chi connectivity index (χ3n) is 2.96. The van der Waals surface area contributed by atoms with E-state index < -0.39 is 23.5 Å². The number of alkyl halides is 3. The van der Waals surface area contributed by atoms with E-state index in [4.69, 9.17) is 9.84 Å². The van der Waals surface area contributed by atoms with Gasteiger partial charge in [-0.15, -0.1) is 0 Å². The highest BCUT2D eigenvalue weighted by molar-refractivity contribution is 5.81. The summed E-state index contributed by atoms with van der Waals surface area (Å²) in [6.45, 7) is 0.269. The van der Waals surface area contributed by atoms with Crippen molar-refractivity contribution in [2.45, 2.75) is 25.4 Å². The first-order chi connectivity index (χ1) is 8.25. The fourth-order valence-electron chi connectivity index (χ4n) is 1.91. The van der Waals surface area contributed by atoms with Crippen LogP contribution in [0.15, 0.2) is 0 Å². The molecule has 5 nitrogen and oxygen atoms in total. The van der Waals surface area contributed by atoms with Crippen LogP contribution >= 0.6 is 0 Å². The smallest absolute Gasteiger partial charge is 0.471 e. The van der Waals surface area contributed by atoms with E-state index in [0.717, 1.165) is 0 Å². The number of aliphatic carboxylic acids is 1. The molecule has 2 N–H and O–H groups in total. The van der Waals surface area contributed by atoms with Gasteiger partial charge in [-0.05, 0) is 12.8 Å². The second kappa shape index (κ2) is 5.55. The summed E-state index contributed by atoms with van der Waals surface area (Å²) in [5, 5.41) is 10.5. The summed E-state index contributed by atoms with van der Waals surface area (Å²) in [5.41, 5.74) is -0.856. The summed E-state index contributed by atoms with van der Waals surface area (Å²) in [6, 6.07) is 0. The van der Waals surface area contributed by atoms with Gasteiger partial charge in [0.15, 0.2) is 0 Å². The average Bonchev–Trinajstić information content (AvgIpc) is 2.25. The lowest BCUT2D eigenvalue weighted by Gasteiger charge is -2.36. The van der Waals surface area contributed by atoms with E-state index in [1.807, 2.05) is 0 Å². The number of hydrogen-bond donors (Lipinski definition) is 2. The monoisotopic (exact) mass is 269 g/mol. The van der Waals surface area contributed by atoms with Crippen LogP contribution in [0.1, 0.15) is 19.3 Å². The SMILES string of the molecule is O=C(O)CC1(CNC(=O)C(F)(F)F)CCOCC1. The fraction of sp³-hybridized carbons (Fsp3) is 0.800. The average molecular weight is 269 g/mol. The van der Waals surface area contributed by atoms with Crippen LogP contribution in [-0.4, -0.2) is 42.9 Å². The maximum atomic E-state index is 12.0. The molecule has 18 heavy (non-hydrogen) atoms. The molecule has 0 bridgehead atoms. The second-order valence-corrected chi connectivity index (χ2v) is 4.36. The molecule has 1 heterocycles. The van der Waals surface area contributed by atoms with E-state index in [1.165, 1.54) is 0 Å². The Bertz CT molecular complexity index is 324. The molecule has 0 aromatic heterocycles. The predicted octanol–water partition coefficient (Wildman–Crippen LogP) is 0.936. The van der Waals surface area contributed by atoms with Crippen molar-refractivity contribution in [1.82, 2.24) is 5.32 Å². The molecule has 0 saturated carbocycles. The first-order valence-electron chi connectivity index (χ1n) is 5.40. The third kappa shape index (κ3) is 4.17. The van der Waals surface area contributed by atoms with Gasteiger partial charge in [0.05, 0.1) is 6.42 Å². The van der Waals surface area contributed by atoms with Crippen molar-refractivity contribution in [3.63, 3.8) is 0 Å². The Hall–Kier alpha value is -1.31. The van der Waals surface area contributed by atoms with Crippen molar-refractivity contribution in [3.05, 3.63) is 0 Å². The minimum atomic E-state index is -4.95. The van der Waals surface area contributed by atoms with Crippen molar-refractivity contribution in [2.24, 2.45) is 5.41 Å². The topological polar surface area (TPSA) is 75.6 Å². The fourth-order valence-corrected chi connectivity index (χ4v) is 1.91. The molecule has 0 radical (unpaired) electrons. The summed E-state index contributed by atoms with van der Waals surface area (Å²) in [7, 11) is 0. The Morgan fingerprint density at radius 3 is 2.28 bits per heavy atom. The maximum Gasteiger partial charge on any atom is 0.471 e. The molecule has 1 fully saturated rings. The molecule has 0 unspecified atom stereocenters. The number of ether oxygens (including phenoxy) is 1. The van der Waals surface area contributed by atoms with Crippen molar-refractivity contribution >= 4 is 11.9 Å². The van der Waals surface area contributed by atoms with Crippen LogP contribution in [0.5, 0.6) is 0 Å². The van der Waals surface area contributed by atoms with Gasteiger partial charge >= 0.3 is 18.1 Å². The third-order valence-corrected chi connectivity index (χ3v) is 2.96. The summed E-state index contributed by atoms with van der Waals surface area (Å²) >= 11 is 0. The molecular formula is C10H14F3NO4. The van der Waals surface area contributed by atoms with Crippen LogP contribution < -0.4 is 5.32 Å². The molecule has 0 spiro atoms. The molecule has 104 valence electrons. The van der Waals surface area contributed by atoms with Gasteiger partial charge in [-0.2, -0.15) is 13.2 Å². The molecular weight excluding hydrogens is 255 g/mol. The molecule has 1 amide bonds. The highest BCUT2D eigenvalue weighted by Crippen LogP contribution is 2.33. The Morgan fingerprint density at radius 1 is 1.28 bits per heavy atom. The first kappa shape index (κ1) is 14.7. The van der Waals surface area contributed by atoms with E-state index in [0.29, 0.717) is 12.8 Å². The Morgan fingerprint density at radius 2 is 1.83 bits per heavy atom. The van der Waals surface area contributed by atoms with Crippen molar-refractivity contribution < 1.29 is 32.6 Å². The predicted molar refractivity (Wildman–Crippen MR) is 53.8 cm³/mol. The van der Waals surface area contributed by atoms with Gasteiger partial charge in [0.25, 0.3) is 0 Å². The van der Waals surface area contributed by atoms with Gasteiger partial charge < -0.3 is 15.2 Å². The van der Waals surface area contributed by atoms with E-state index in [2.05, 4.69) is 0 Å². The van der Waals surface area contributed by atoms with Crippen LogP contribution in [0.4, 0.5) is 13.2 Å². The lowest BCUT2D eigenvalue weighted by atomic mass is 9.77. The summed E-state index contributed by atoms with van der Waals surface area (Å²) in [6.07, 6.45) is -4.60. The van der Waals surface area contributed by atoms with Gasteiger partial charge in [-0.1, -0.05) is 0 Å². The number of carboxylic acid groups (broad SMARTS) is 1. The Balaban J connectivity index is 2.62. The number of amides is 1. The van der Waals surface area contributed by atoms with Crippen molar-refractivity contribution in [2.75, 3.05) is 19.8 Å². The van der Waals surface area contributed by atoms with Crippen LogP contribution in [0, 0.1) is 5.41 Å². The number of nitrogens with one attached hydrogen (secondary N) is 1. The van der Waals surface area contributed by atoms with Crippen molar-refractivity contribution in [3.8, 4) is 0 Å². The standard InChI is InChI=1S/C10H14F3NO4/c11-10(12,13)8(17)14-6-9(5-7(15)16)1-3-18-4-2-9/h1-6H2,(H,14,17)(H,15,16). The zero-order valence-electron chi connectivity index (χ0n) is 9.55. The molecule has 0 aromatic carbocycles. The van der Waals surface area contributed by atoms with Gasteiger partial charge in [0.1, 0.15) is 0 Å². The van der Waals surface area contributed by atoms with Crippen LogP contribution in [-0.2, 0) is 14.3 Å². The Labute approximate surface area is 101 Å². The van der Waals surface area contributed by atoms with Gasteiger partial charge in [-0.25, -0.2) is 0 Å². The van der Waals surface area contributed by atoms with E-state index in [9.17, 15) is 22.8 Å². The largest absolute Gasteiger partial charge is 0.481 e. The molecule has 8 heteroatoms. The Kier molecular flexibility index (Phi) is 4.55. The van der Waals surface area contributed by atoms with E-state index >= 15 is 0 Å². The molecule has 0 aromatic rings. The van der Waals surface area contributed by atoms with E-state index in [-0.39, 0.29) is 26.2 Å². The molecule has 1 saturated heterocycles. The highest BCUT2D eigenvalue weighted by atomic mass is 19.4. The highest BCUT2D eigenvalue weighted by Gasteiger charge is 2.41. The molecule has 0 aliphatic carbocycles. The summed E-state index contributed by atoms with van der Waals surface area (Å²) in [4.78, 5) is 21.5. The molecule has 1 aliphatic heterocycles. The van der Waals surface area contributed by atoms with Crippen LogP contribution in [0.2, 0.25) is 0 Å². The molecule has 1 aliphatic rings. The maximum absolute atomic E-state index is 12.0. The van der Waals surface area contributed by atoms with Crippen LogP contribution in [0.3, 0.4) is 0 Å². The van der Waals surface area contributed by atoms with E-state index in [1.54, 1.807) is 5.32 Å². The molecule has 0 atom stereocenters. The van der Waals surface area contributed by atoms with Crippen molar-refractivity contribution in [1.29, 1.82) is 0 Å². The zero-order valence-corrected chi connectivity index (χ0v) is 9.55. The summed E-state index contributed by atoms with van der Waals surface area (Å²) < 4.78 is 41.2. The first-order valence-corrected chi connectivity index (χ1v) is 5.40.